The molecule has 0 fully saturated rings. The second-order valence-electron chi connectivity index (χ2n) is 5.64. The molecule has 0 atom stereocenters. The fourth-order valence-corrected chi connectivity index (χ4v) is 2.42. The predicted octanol–water partition coefficient (Wildman–Crippen LogP) is 3.70. The zero-order valence-corrected chi connectivity index (χ0v) is 15.6. The maximum atomic E-state index is 12.3. The Balaban J connectivity index is 1.94. The number of likely N-dealkylation sites (N-methyl/N-ethyl adjacent to an activating group) is 1. The highest BCUT2D eigenvalue weighted by Crippen LogP contribution is 2.28. The van der Waals surface area contributed by atoms with Gasteiger partial charge in [0.25, 0.3) is 5.91 Å². The second kappa shape index (κ2) is 8.62. The van der Waals surface area contributed by atoms with Gasteiger partial charge in [-0.1, -0.05) is 17.7 Å². The van der Waals surface area contributed by atoms with Gasteiger partial charge in [0, 0.05) is 18.6 Å². The summed E-state index contributed by atoms with van der Waals surface area (Å²) in [5.74, 6) is 1.78. The molecule has 2 rings (SSSR count). The first kappa shape index (κ1) is 18.9. The van der Waals surface area contributed by atoms with Gasteiger partial charge in [-0.25, -0.2) is 0 Å². The monoisotopic (exact) mass is 363 g/mol. The van der Waals surface area contributed by atoms with E-state index < -0.39 is 0 Å². The van der Waals surface area contributed by atoms with Crippen molar-refractivity contribution in [1.82, 2.24) is 4.90 Å². The number of carbonyl (C=O) groups is 1. The van der Waals surface area contributed by atoms with E-state index in [9.17, 15) is 4.79 Å². The second-order valence-corrected chi connectivity index (χ2v) is 6.05. The molecule has 0 heterocycles. The smallest absolute Gasteiger partial charge is 0.260 e. The van der Waals surface area contributed by atoms with Crippen molar-refractivity contribution < 1.29 is 19.0 Å². The van der Waals surface area contributed by atoms with Crippen molar-refractivity contribution in [3.8, 4) is 17.2 Å². The van der Waals surface area contributed by atoms with Crippen LogP contribution in [0.4, 0.5) is 0 Å². The third-order valence-corrected chi connectivity index (χ3v) is 4.21. The van der Waals surface area contributed by atoms with E-state index in [1.54, 1.807) is 38.3 Å². The van der Waals surface area contributed by atoms with Crippen molar-refractivity contribution in [2.24, 2.45) is 0 Å². The maximum Gasteiger partial charge on any atom is 0.260 e. The Morgan fingerprint density at radius 1 is 1.08 bits per heavy atom. The van der Waals surface area contributed by atoms with E-state index in [1.807, 2.05) is 31.2 Å². The molecule has 0 aromatic heterocycles. The zero-order valence-electron chi connectivity index (χ0n) is 14.8. The molecule has 0 aliphatic heterocycles. The largest absolute Gasteiger partial charge is 0.493 e. The van der Waals surface area contributed by atoms with Gasteiger partial charge in [-0.2, -0.15) is 0 Å². The highest BCUT2D eigenvalue weighted by molar-refractivity contribution is 6.31. The van der Waals surface area contributed by atoms with Crippen LogP contribution < -0.4 is 14.2 Å². The molecule has 0 spiro atoms. The molecule has 0 unspecified atom stereocenters. The molecular weight excluding hydrogens is 342 g/mol. The maximum absolute atomic E-state index is 12.3. The molecule has 0 bridgehead atoms. The van der Waals surface area contributed by atoms with E-state index in [2.05, 4.69) is 0 Å². The first-order chi connectivity index (χ1) is 11.9. The summed E-state index contributed by atoms with van der Waals surface area (Å²) in [4.78, 5) is 13.9. The van der Waals surface area contributed by atoms with E-state index in [4.69, 9.17) is 25.8 Å². The van der Waals surface area contributed by atoms with Crippen LogP contribution in [0.5, 0.6) is 17.2 Å². The minimum atomic E-state index is -0.123. The molecule has 25 heavy (non-hydrogen) atoms. The minimum Gasteiger partial charge on any atom is -0.493 e. The van der Waals surface area contributed by atoms with Gasteiger partial charge in [0.15, 0.2) is 18.1 Å². The van der Waals surface area contributed by atoms with Crippen molar-refractivity contribution in [1.29, 1.82) is 0 Å². The van der Waals surface area contributed by atoms with Gasteiger partial charge in [0.05, 0.1) is 14.2 Å². The van der Waals surface area contributed by atoms with Crippen molar-refractivity contribution in [2.75, 3.05) is 27.9 Å². The summed E-state index contributed by atoms with van der Waals surface area (Å²) in [6.07, 6.45) is 0. The van der Waals surface area contributed by atoms with Gasteiger partial charge in [0.2, 0.25) is 0 Å². The summed E-state index contributed by atoms with van der Waals surface area (Å²) in [5, 5.41) is 0.671. The van der Waals surface area contributed by atoms with Gasteiger partial charge >= 0.3 is 0 Å². The summed E-state index contributed by atoms with van der Waals surface area (Å²) in [6, 6.07) is 10.9. The summed E-state index contributed by atoms with van der Waals surface area (Å²) in [6.45, 7) is 2.30. The fraction of sp³-hybridized carbons (Fsp3) is 0.316. The molecule has 2 aromatic carbocycles. The Bertz CT molecular complexity index is 748. The minimum absolute atomic E-state index is 0.0368. The quantitative estimate of drug-likeness (QED) is 0.752. The summed E-state index contributed by atoms with van der Waals surface area (Å²) in [5.41, 5.74) is 1.85. The highest BCUT2D eigenvalue weighted by atomic mass is 35.5. The number of hydrogen-bond acceptors (Lipinski definition) is 4. The molecule has 6 heteroatoms. The Labute approximate surface area is 153 Å². The molecule has 2 aromatic rings. The molecule has 0 saturated carbocycles. The number of hydrogen-bond donors (Lipinski definition) is 0. The van der Waals surface area contributed by atoms with E-state index in [-0.39, 0.29) is 12.5 Å². The number of halogens is 1. The fourth-order valence-electron chi connectivity index (χ4n) is 2.30. The van der Waals surface area contributed by atoms with Crippen molar-refractivity contribution in [3.63, 3.8) is 0 Å². The molecule has 0 aliphatic carbocycles. The molecule has 134 valence electrons. The number of aryl methyl sites for hydroxylation is 1. The number of carbonyl (C=O) groups excluding carboxylic acids is 1. The summed E-state index contributed by atoms with van der Waals surface area (Å²) in [7, 11) is 4.90. The number of ether oxygens (including phenoxy) is 3. The lowest BCUT2D eigenvalue weighted by molar-refractivity contribution is -0.132. The summed E-state index contributed by atoms with van der Waals surface area (Å²) < 4.78 is 16.0. The van der Waals surface area contributed by atoms with E-state index >= 15 is 0 Å². The molecular formula is C19H22ClNO4. The van der Waals surface area contributed by atoms with Gasteiger partial charge in [-0.05, 0) is 48.4 Å². The first-order valence-corrected chi connectivity index (χ1v) is 8.16. The average Bonchev–Trinajstić information content (AvgIpc) is 2.62. The number of benzene rings is 2. The zero-order chi connectivity index (χ0) is 18.4. The Morgan fingerprint density at radius 2 is 1.80 bits per heavy atom. The van der Waals surface area contributed by atoms with Crippen LogP contribution in [0.25, 0.3) is 0 Å². The van der Waals surface area contributed by atoms with Gasteiger partial charge in [0.1, 0.15) is 5.75 Å². The Hall–Kier alpha value is -2.40. The molecule has 5 nitrogen and oxygen atoms in total. The Morgan fingerprint density at radius 3 is 2.44 bits per heavy atom. The van der Waals surface area contributed by atoms with Crippen molar-refractivity contribution >= 4 is 17.5 Å². The number of nitrogens with zero attached hydrogens (tertiary/aromatic N) is 1. The van der Waals surface area contributed by atoms with E-state index in [0.717, 1.165) is 11.1 Å². The van der Waals surface area contributed by atoms with Crippen LogP contribution in [0, 0.1) is 6.92 Å². The van der Waals surface area contributed by atoms with Crippen LogP contribution in [-0.4, -0.2) is 38.7 Å². The highest BCUT2D eigenvalue weighted by Gasteiger charge is 2.12. The van der Waals surface area contributed by atoms with Crippen LogP contribution in [-0.2, 0) is 11.3 Å². The third kappa shape index (κ3) is 5.03. The van der Waals surface area contributed by atoms with E-state index in [0.29, 0.717) is 28.8 Å². The lowest BCUT2D eigenvalue weighted by atomic mass is 10.2. The van der Waals surface area contributed by atoms with Crippen molar-refractivity contribution in [2.45, 2.75) is 13.5 Å². The predicted molar refractivity (Wildman–Crippen MR) is 97.7 cm³/mol. The number of methoxy groups -OCH3 is 2. The van der Waals surface area contributed by atoms with Crippen molar-refractivity contribution in [3.05, 3.63) is 52.5 Å². The molecule has 0 radical (unpaired) electrons. The van der Waals surface area contributed by atoms with Crippen LogP contribution >= 0.6 is 11.6 Å². The normalized spacial score (nSPS) is 10.3. The average molecular weight is 364 g/mol. The third-order valence-electron chi connectivity index (χ3n) is 3.79. The lowest BCUT2D eigenvalue weighted by Crippen LogP contribution is -2.30. The molecule has 1 amide bonds. The van der Waals surface area contributed by atoms with Gasteiger partial charge < -0.3 is 19.1 Å². The standard InChI is InChI=1S/C19H22ClNO4/c1-13-9-15(6-7-16(13)20)25-12-19(22)21(2)11-14-5-8-17(23-3)18(10-14)24-4/h5-10H,11-12H2,1-4H3. The number of rotatable bonds is 7. The van der Waals surface area contributed by atoms with Crippen LogP contribution in [0.1, 0.15) is 11.1 Å². The van der Waals surface area contributed by atoms with Crippen LogP contribution in [0.3, 0.4) is 0 Å². The van der Waals surface area contributed by atoms with Gasteiger partial charge in [-0.3, -0.25) is 4.79 Å². The van der Waals surface area contributed by atoms with E-state index in [1.165, 1.54) is 0 Å². The topological polar surface area (TPSA) is 48.0 Å². The Kier molecular flexibility index (Phi) is 6.53. The first-order valence-electron chi connectivity index (χ1n) is 7.78. The van der Waals surface area contributed by atoms with Crippen LogP contribution in [0.2, 0.25) is 5.02 Å². The molecule has 0 saturated heterocycles. The lowest BCUT2D eigenvalue weighted by Gasteiger charge is -2.18. The molecule has 0 aliphatic rings. The molecule has 0 N–H and O–H groups in total. The van der Waals surface area contributed by atoms with Gasteiger partial charge in [-0.15, -0.1) is 0 Å². The summed E-state index contributed by atoms with van der Waals surface area (Å²) >= 11 is 5.98. The SMILES string of the molecule is COc1ccc(CN(C)C(=O)COc2ccc(Cl)c(C)c2)cc1OC. The van der Waals surface area contributed by atoms with Crippen LogP contribution in [0.15, 0.2) is 36.4 Å². The number of amides is 1.